The molecule has 0 atom stereocenters. The van der Waals surface area contributed by atoms with Crippen LogP contribution in [0.4, 0.5) is 0 Å². The number of thiazole rings is 1. The molecule has 0 saturated carbocycles. The van der Waals surface area contributed by atoms with Crippen molar-refractivity contribution in [1.29, 1.82) is 0 Å². The Morgan fingerprint density at radius 3 is 2.93 bits per heavy atom. The molecule has 80 valence electrons. The predicted octanol–water partition coefficient (Wildman–Crippen LogP) is 3.02. The monoisotopic (exact) mass is 240 g/mol. The highest BCUT2D eigenvalue weighted by atomic mass is 32.2. The van der Waals surface area contributed by atoms with Gasteiger partial charge in [0.2, 0.25) is 0 Å². The molecule has 0 unspecified atom stereocenters. The minimum absolute atomic E-state index is 0.439. The summed E-state index contributed by atoms with van der Waals surface area (Å²) in [7, 11) is 0. The van der Waals surface area contributed by atoms with E-state index in [0.717, 1.165) is 22.0 Å². The molecule has 0 aliphatic rings. The molecule has 5 heteroatoms. The van der Waals surface area contributed by atoms with Crippen LogP contribution in [-0.2, 0) is 0 Å². The number of carbonyl (C=O) groups excluding carboxylic acids is 1. The van der Waals surface area contributed by atoms with E-state index in [0.29, 0.717) is 10.9 Å². The van der Waals surface area contributed by atoms with Crippen LogP contribution in [-0.4, -0.2) is 20.9 Å². The molecule has 0 radical (unpaired) electrons. The van der Waals surface area contributed by atoms with Gasteiger partial charge in [-0.3, -0.25) is 9.20 Å². The van der Waals surface area contributed by atoms with E-state index < -0.39 is 0 Å². The molecule has 0 spiro atoms. The Kier molecular flexibility index (Phi) is 2.84. The SMILES string of the molecule is Cc1csc2nc(SC(C)C)c(C=O)n12. The van der Waals surface area contributed by atoms with Gasteiger partial charge in [-0.05, 0) is 6.92 Å². The predicted molar refractivity (Wildman–Crippen MR) is 64.2 cm³/mol. The first-order chi connectivity index (χ1) is 7.13. The van der Waals surface area contributed by atoms with Crippen LogP contribution in [0, 0.1) is 6.92 Å². The number of rotatable bonds is 3. The molecule has 0 bridgehead atoms. The van der Waals surface area contributed by atoms with Crippen LogP contribution < -0.4 is 0 Å². The Labute approximate surface area is 96.5 Å². The molecule has 0 N–H and O–H groups in total. The minimum atomic E-state index is 0.439. The Morgan fingerprint density at radius 2 is 2.33 bits per heavy atom. The summed E-state index contributed by atoms with van der Waals surface area (Å²) in [5.74, 6) is 0. The second kappa shape index (κ2) is 3.98. The average molecular weight is 240 g/mol. The van der Waals surface area contributed by atoms with E-state index >= 15 is 0 Å². The molecule has 2 aromatic rings. The van der Waals surface area contributed by atoms with E-state index in [1.165, 1.54) is 0 Å². The number of hydrogen-bond acceptors (Lipinski definition) is 4. The van der Waals surface area contributed by atoms with E-state index in [1.807, 2.05) is 16.7 Å². The van der Waals surface area contributed by atoms with Gasteiger partial charge < -0.3 is 0 Å². The van der Waals surface area contributed by atoms with Crippen LogP contribution in [0.1, 0.15) is 30.0 Å². The molecule has 2 aromatic heterocycles. The largest absolute Gasteiger partial charge is 0.296 e. The van der Waals surface area contributed by atoms with E-state index in [4.69, 9.17) is 0 Å². The first-order valence-corrected chi connectivity index (χ1v) is 6.47. The topological polar surface area (TPSA) is 34.4 Å². The normalized spacial score (nSPS) is 11.5. The summed E-state index contributed by atoms with van der Waals surface area (Å²) < 4.78 is 1.92. The average Bonchev–Trinajstić information content (AvgIpc) is 2.66. The fourth-order valence-corrected chi connectivity index (χ4v) is 3.19. The van der Waals surface area contributed by atoms with E-state index in [2.05, 4.69) is 18.8 Å². The summed E-state index contributed by atoms with van der Waals surface area (Å²) >= 11 is 3.20. The second-order valence-electron chi connectivity index (χ2n) is 3.58. The molecule has 0 fully saturated rings. The van der Waals surface area contributed by atoms with Crippen molar-refractivity contribution >= 4 is 34.3 Å². The third-order valence-corrected chi connectivity index (χ3v) is 3.93. The Bertz CT molecular complexity index is 499. The number of fused-ring (bicyclic) bond motifs is 1. The summed E-state index contributed by atoms with van der Waals surface area (Å²) in [6, 6.07) is 0. The summed E-state index contributed by atoms with van der Waals surface area (Å²) in [6.45, 7) is 6.18. The fourth-order valence-electron chi connectivity index (χ4n) is 1.42. The van der Waals surface area contributed by atoms with Gasteiger partial charge in [-0.2, -0.15) is 0 Å². The quantitative estimate of drug-likeness (QED) is 0.611. The lowest BCUT2D eigenvalue weighted by molar-refractivity contribution is 0.111. The van der Waals surface area contributed by atoms with Crippen molar-refractivity contribution in [3.05, 3.63) is 16.8 Å². The van der Waals surface area contributed by atoms with Crippen molar-refractivity contribution in [3.63, 3.8) is 0 Å². The van der Waals surface area contributed by atoms with Gasteiger partial charge in [0.1, 0.15) is 10.7 Å². The molecule has 0 amide bonds. The zero-order chi connectivity index (χ0) is 11.0. The van der Waals surface area contributed by atoms with Crippen LogP contribution >= 0.6 is 23.1 Å². The standard InChI is InChI=1S/C10H12N2OS2/c1-6(2)15-9-8(4-13)12-7(3)5-14-10(12)11-9/h4-6H,1-3H3. The summed E-state index contributed by atoms with van der Waals surface area (Å²) in [4.78, 5) is 16.4. The molecular weight excluding hydrogens is 228 g/mol. The molecule has 0 aliphatic carbocycles. The van der Waals surface area contributed by atoms with Crippen LogP contribution in [0.5, 0.6) is 0 Å². The van der Waals surface area contributed by atoms with Gasteiger partial charge in [0, 0.05) is 16.3 Å². The molecule has 0 aromatic carbocycles. The summed E-state index contributed by atoms with van der Waals surface area (Å²) in [6.07, 6.45) is 0.893. The molecule has 0 saturated heterocycles. The lowest BCUT2D eigenvalue weighted by Crippen LogP contribution is -1.94. The highest BCUT2D eigenvalue weighted by Gasteiger charge is 2.15. The smallest absolute Gasteiger partial charge is 0.195 e. The van der Waals surface area contributed by atoms with Crippen molar-refractivity contribution < 1.29 is 4.79 Å². The maximum absolute atomic E-state index is 11.1. The minimum Gasteiger partial charge on any atom is -0.296 e. The zero-order valence-electron chi connectivity index (χ0n) is 8.85. The number of aldehydes is 1. The highest BCUT2D eigenvalue weighted by Crippen LogP contribution is 2.28. The second-order valence-corrected chi connectivity index (χ2v) is 5.98. The van der Waals surface area contributed by atoms with Crippen molar-refractivity contribution in [3.8, 4) is 0 Å². The van der Waals surface area contributed by atoms with E-state index in [9.17, 15) is 4.79 Å². The molecule has 3 nitrogen and oxygen atoms in total. The number of carbonyl (C=O) groups is 1. The number of thioether (sulfide) groups is 1. The van der Waals surface area contributed by atoms with Crippen LogP contribution in [0.15, 0.2) is 10.4 Å². The number of aryl methyl sites for hydroxylation is 1. The van der Waals surface area contributed by atoms with Crippen LogP contribution in [0.3, 0.4) is 0 Å². The fraction of sp³-hybridized carbons (Fsp3) is 0.400. The first-order valence-electron chi connectivity index (χ1n) is 4.72. The summed E-state index contributed by atoms with van der Waals surface area (Å²) in [5.41, 5.74) is 1.75. The first kappa shape index (κ1) is 10.7. The van der Waals surface area contributed by atoms with Crippen molar-refractivity contribution in [2.75, 3.05) is 0 Å². The number of aromatic nitrogens is 2. The van der Waals surface area contributed by atoms with Gasteiger partial charge in [0.25, 0.3) is 0 Å². The molecule has 0 aliphatic heterocycles. The van der Waals surface area contributed by atoms with Gasteiger partial charge >= 0.3 is 0 Å². The van der Waals surface area contributed by atoms with Gasteiger partial charge in [0.05, 0.1) is 0 Å². The maximum atomic E-state index is 11.1. The van der Waals surface area contributed by atoms with Gasteiger partial charge in [-0.15, -0.1) is 23.1 Å². The maximum Gasteiger partial charge on any atom is 0.195 e. The zero-order valence-corrected chi connectivity index (χ0v) is 10.5. The lowest BCUT2D eigenvalue weighted by atomic mass is 10.5. The van der Waals surface area contributed by atoms with Crippen LogP contribution in [0.25, 0.3) is 4.96 Å². The summed E-state index contributed by atoms with van der Waals surface area (Å²) in [5, 5.41) is 3.29. The Morgan fingerprint density at radius 1 is 1.60 bits per heavy atom. The molecule has 2 heterocycles. The van der Waals surface area contributed by atoms with Crippen LogP contribution in [0.2, 0.25) is 0 Å². The third-order valence-electron chi connectivity index (χ3n) is 2.00. The Balaban J connectivity index is 2.60. The third kappa shape index (κ3) is 1.81. The number of imidazole rings is 1. The Hall–Kier alpha value is -0.810. The van der Waals surface area contributed by atoms with Crippen molar-refractivity contribution in [2.45, 2.75) is 31.0 Å². The van der Waals surface area contributed by atoms with E-state index in [-0.39, 0.29) is 0 Å². The highest BCUT2D eigenvalue weighted by molar-refractivity contribution is 7.99. The lowest BCUT2D eigenvalue weighted by Gasteiger charge is -2.01. The number of hydrogen-bond donors (Lipinski definition) is 0. The molecule has 2 rings (SSSR count). The molecule has 15 heavy (non-hydrogen) atoms. The van der Waals surface area contributed by atoms with Crippen molar-refractivity contribution in [1.82, 2.24) is 9.38 Å². The van der Waals surface area contributed by atoms with Gasteiger partial charge in [-0.1, -0.05) is 13.8 Å². The van der Waals surface area contributed by atoms with Gasteiger partial charge in [0.15, 0.2) is 11.2 Å². The van der Waals surface area contributed by atoms with Crippen molar-refractivity contribution in [2.24, 2.45) is 0 Å². The van der Waals surface area contributed by atoms with E-state index in [1.54, 1.807) is 23.1 Å². The molecular formula is C10H12N2OS2. The number of nitrogens with zero attached hydrogens (tertiary/aromatic N) is 2. The van der Waals surface area contributed by atoms with Gasteiger partial charge in [-0.25, -0.2) is 4.98 Å².